The Hall–Kier alpha value is -2.79. The minimum atomic E-state index is -3.74. The van der Waals surface area contributed by atoms with Crippen molar-refractivity contribution in [1.29, 1.82) is 0 Å². The molecule has 0 fully saturated rings. The maximum absolute atomic E-state index is 12.2. The van der Waals surface area contributed by atoms with Gasteiger partial charge in [0.25, 0.3) is 5.69 Å². The lowest BCUT2D eigenvalue weighted by atomic mass is 10.3. The highest BCUT2D eigenvalue weighted by molar-refractivity contribution is 7.89. The van der Waals surface area contributed by atoms with Gasteiger partial charge in [0, 0.05) is 45.4 Å². The number of nitro benzene ring substituents is 1. The van der Waals surface area contributed by atoms with Gasteiger partial charge >= 0.3 is 0 Å². The summed E-state index contributed by atoms with van der Waals surface area (Å²) in [5.74, 6) is 1.94. The van der Waals surface area contributed by atoms with E-state index in [1.165, 1.54) is 12.1 Å². The largest absolute Gasteiger partial charge is 0.369 e. The molecule has 0 bridgehead atoms. The molecule has 1 heterocycles. The molecule has 26 heavy (non-hydrogen) atoms. The van der Waals surface area contributed by atoms with Gasteiger partial charge in [-0.2, -0.15) is 0 Å². The second kappa shape index (κ2) is 8.06. The summed E-state index contributed by atoms with van der Waals surface area (Å²) >= 11 is 0. The number of hydrogen-bond acceptors (Lipinski definition) is 8. The summed E-state index contributed by atoms with van der Waals surface area (Å²) in [5.41, 5.74) is -0.165. The van der Waals surface area contributed by atoms with E-state index in [0.717, 1.165) is 18.0 Å². The molecule has 0 radical (unpaired) electrons. The van der Waals surface area contributed by atoms with Crippen molar-refractivity contribution in [3.05, 3.63) is 46.3 Å². The first-order valence-corrected chi connectivity index (χ1v) is 9.18. The predicted octanol–water partition coefficient (Wildman–Crippen LogP) is 1.15. The third kappa shape index (κ3) is 5.10. The fourth-order valence-corrected chi connectivity index (χ4v) is 3.11. The molecule has 0 saturated carbocycles. The van der Waals surface area contributed by atoms with Crippen molar-refractivity contribution in [3.63, 3.8) is 0 Å². The summed E-state index contributed by atoms with van der Waals surface area (Å²) in [4.78, 5) is 20.4. The minimum absolute atomic E-state index is 0.0316. The lowest BCUT2D eigenvalue weighted by Gasteiger charge is -2.14. The molecule has 0 unspecified atom stereocenters. The molecule has 2 aromatic rings. The van der Waals surface area contributed by atoms with Gasteiger partial charge in [0.2, 0.25) is 10.0 Å². The van der Waals surface area contributed by atoms with E-state index in [1.54, 1.807) is 13.0 Å². The molecular formula is C15H20N6O4S. The van der Waals surface area contributed by atoms with Gasteiger partial charge in [-0.25, -0.2) is 23.1 Å². The Labute approximate surface area is 151 Å². The van der Waals surface area contributed by atoms with Crippen molar-refractivity contribution >= 4 is 27.3 Å². The van der Waals surface area contributed by atoms with Crippen molar-refractivity contribution in [2.45, 2.75) is 11.8 Å². The zero-order valence-electron chi connectivity index (χ0n) is 14.6. The molecule has 0 aliphatic carbocycles. The number of rotatable bonds is 8. The van der Waals surface area contributed by atoms with Gasteiger partial charge < -0.3 is 10.2 Å². The Morgan fingerprint density at radius 2 is 1.81 bits per heavy atom. The lowest BCUT2D eigenvalue weighted by Crippen LogP contribution is -2.29. The van der Waals surface area contributed by atoms with Gasteiger partial charge in [-0.3, -0.25) is 10.1 Å². The number of aryl methyl sites for hydroxylation is 1. The van der Waals surface area contributed by atoms with Gasteiger partial charge in [0.1, 0.15) is 17.5 Å². The Bertz CT molecular complexity index is 884. The lowest BCUT2D eigenvalue weighted by molar-refractivity contribution is -0.384. The van der Waals surface area contributed by atoms with Crippen LogP contribution in [-0.2, 0) is 10.0 Å². The zero-order valence-corrected chi connectivity index (χ0v) is 15.4. The van der Waals surface area contributed by atoms with Crippen LogP contribution in [0.3, 0.4) is 0 Å². The number of nitrogens with one attached hydrogen (secondary N) is 2. The SMILES string of the molecule is Cc1nc(NCCNS(=O)(=O)c2ccc([N+](=O)[O-])cc2)cc(N(C)C)n1. The second-order valence-corrected chi connectivity index (χ2v) is 7.40. The predicted molar refractivity (Wildman–Crippen MR) is 97.9 cm³/mol. The molecular weight excluding hydrogens is 360 g/mol. The Balaban J connectivity index is 1.93. The fraction of sp³-hybridized carbons (Fsp3) is 0.333. The molecule has 2 N–H and O–H groups in total. The molecule has 0 amide bonds. The summed E-state index contributed by atoms with van der Waals surface area (Å²) in [7, 11) is -0.0106. The highest BCUT2D eigenvalue weighted by Crippen LogP contribution is 2.16. The van der Waals surface area contributed by atoms with E-state index in [2.05, 4.69) is 20.0 Å². The molecule has 0 spiro atoms. The molecule has 0 saturated heterocycles. The number of nitro groups is 1. The van der Waals surface area contributed by atoms with Crippen molar-refractivity contribution < 1.29 is 13.3 Å². The molecule has 10 nitrogen and oxygen atoms in total. The number of benzene rings is 1. The van der Waals surface area contributed by atoms with Crippen molar-refractivity contribution in [2.24, 2.45) is 0 Å². The number of aromatic nitrogens is 2. The van der Waals surface area contributed by atoms with Crippen LogP contribution in [0.15, 0.2) is 35.2 Å². The van der Waals surface area contributed by atoms with Crippen LogP contribution in [0.25, 0.3) is 0 Å². The third-order valence-electron chi connectivity index (χ3n) is 3.36. The maximum atomic E-state index is 12.2. The summed E-state index contributed by atoms with van der Waals surface area (Å²) in [6.07, 6.45) is 0. The van der Waals surface area contributed by atoms with Crippen LogP contribution in [0.5, 0.6) is 0 Å². The Kier molecular flexibility index (Phi) is 6.05. The van der Waals surface area contributed by atoms with Gasteiger partial charge in [-0.1, -0.05) is 0 Å². The quantitative estimate of drug-likeness (QED) is 0.396. The van der Waals surface area contributed by atoms with E-state index in [-0.39, 0.29) is 17.1 Å². The van der Waals surface area contributed by atoms with E-state index >= 15 is 0 Å². The van der Waals surface area contributed by atoms with E-state index in [1.807, 2.05) is 19.0 Å². The van der Waals surface area contributed by atoms with Crippen LogP contribution in [-0.4, -0.2) is 50.5 Å². The highest BCUT2D eigenvalue weighted by atomic mass is 32.2. The van der Waals surface area contributed by atoms with E-state index in [0.29, 0.717) is 18.2 Å². The number of sulfonamides is 1. The van der Waals surface area contributed by atoms with Crippen molar-refractivity contribution in [1.82, 2.24) is 14.7 Å². The van der Waals surface area contributed by atoms with Gasteiger partial charge in [-0.15, -0.1) is 0 Å². The number of nitrogens with zero attached hydrogens (tertiary/aromatic N) is 4. The number of hydrogen-bond donors (Lipinski definition) is 2. The fourth-order valence-electron chi connectivity index (χ4n) is 2.08. The van der Waals surface area contributed by atoms with Gasteiger partial charge in [-0.05, 0) is 19.1 Å². The number of anilines is 2. The van der Waals surface area contributed by atoms with Gasteiger partial charge in [0.05, 0.1) is 9.82 Å². The first-order valence-electron chi connectivity index (χ1n) is 7.70. The zero-order chi connectivity index (χ0) is 19.3. The standard InChI is InChI=1S/C15H20N6O4S/c1-11-18-14(10-15(19-11)20(2)3)16-8-9-17-26(24,25)13-6-4-12(5-7-13)21(22)23/h4-7,10,17H,8-9H2,1-3H3,(H,16,18,19). The Morgan fingerprint density at radius 1 is 1.15 bits per heavy atom. The van der Waals surface area contributed by atoms with Crippen LogP contribution >= 0.6 is 0 Å². The van der Waals surface area contributed by atoms with Crippen molar-refractivity contribution in [3.8, 4) is 0 Å². The van der Waals surface area contributed by atoms with E-state index in [9.17, 15) is 18.5 Å². The van der Waals surface area contributed by atoms with Crippen LogP contribution < -0.4 is 14.9 Å². The van der Waals surface area contributed by atoms with Crippen LogP contribution in [0.2, 0.25) is 0 Å². The first-order chi connectivity index (χ1) is 12.2. The smallest absolute Gasteiger partial charge is 0.269 e. The van der Waals surface area contributed by atoms with Crippen LogP contribution in [0.1, 0.15) is 5.82 Å². The molecule has 140 valence electrons. The van der Waals surface area contributed by atoms with Crippen LogP contribution in [0, 0.1) is 17.0 Å². The molecule has 0 aliphatic heterocycles. The van der Waals surface area contributed by atoms with E-state index < -0.39 is 14.9 Å². The second-order valence-electron chi connectivity index (χ2n) is 5.63. The minimum Gasteiger partial charge on any atom is -0.369 e. The van der Waals surface area contributed by atoms with Gasteiger partial charge in [0.15, 0.2) is 0 Å². The van der Waals surface area contributed by atoms with E-state index in [4.69, 9.17) is 0 Å². The summed E-state index contributed by atoms with van der Waals surface area (Å²) in [5, 5.41) is 13.7. The highest BCUT2D eigenvalue weighted by Gasteiger charge is 2.15. The topological polar surface area (TPSA) is 130 Å². The molecule has 1 aromatic carbocycles. The Morgan fingerprint density at radius 3 is 2.38 bits per heavy atom. The average Bonchev–Trinajstić information content (AvgIpc) is 2.58. The third-order valence-corrected chi connectivity index (χ3v) is 4.84. The first kappa shape index (κ1) is 19.5. The summed E-state index contributed by atoms with van der Waals surface area (Å²) in [6, 6.07) is 6.46. The monoisotopic (exact) mass is 380 g/mol. The molecule has 2 rings (SSSR count). The number of non-ortho nitro benzene ring substituents is 1. The molecule has 0 atom stereocenters. The summed E-state index contributed by atoms with van der Waals surface area (Å²) in [6.45, 7) is 2.21. The molecule has 0 aliphatic rings. The maximum Gasteiger partial charge on any atom is 0.269 e. The normalized spacial score (nSPS) is 11.2. The van der Waals surface area contributed by atoms with Crippen LogP contribution in [0.4, 0.5) is 17.3 Å². The average molecular weight is 380 g/mol. The van der Waals surface area contributed by atoms with Crippen molar-refractivity contribution in [2.75, 3.05) is 37.4 Å². The molecule has 11 heteroatoms. The summed E-state index contributed by atoms with van der Waals surface area (Å²) < 4.78 is 26.8. The molecule has 1 aromatic heterocycles.